The first-order chi connectivity index (χ1) is 8.64. The molecular weight excluding hydrogens is 268 g/mol. The molecule has 0 radical (unpaired) electrons. The van der Waals surface area contributed by atoms with Gasteiger partial charge in [0.25, 0.3) is 0 Å². The molecule has 1 heterocycles. The summed E-state index contributed by atoms with van der Waals surface area (Å²) in [5, 5.41) is 2.38. The van der Waals surface area contributed by atoms with Gasteiger partial charge in [0.05, 0.1) is 16.1 Å². The van der Waals surface area contributed by atoms with Gasteiger partial charge in [0, 0.05) is 24.9 Å². The van der Waals surface area contributed by atoms with Gasteiger partial charge in [-0.25, -0.2) is 13.4 Å². The molecule has 0 bridgehead atoms. The number of benzene rings is 1. The molecule has 0 spiro atoms. The van der Waals surface area contributed by atoms with Crippen molar-refractivity contribution in [2.75, 3.05) is 13.1 Å². The molecule has 1 aromatic rings. The molecule has 3 rings (SSSR count). The first kappa shape index (κ1) is 12.0. The SMILES string of the molecule is O=S(=O)(c1ccccc1)N1C[C@@H]2[C@H](C1)[C@H]2N=C=S. The van der Waals surface area contributed by atoms with Gasteiger partial charge in [-0.15, -0.1) is 0 Å². The molecule has 1 aromatic carbocycles. The lowest BCUT2D eigenvalue weighted by molar-refractivity contribution is 0.433. The van der Waals surface area contributed by atoms with E-state index < -0.39 is 10.0 Å². The third-order valence-corrected chi connectivity index (χ3v) is 5.65. The summed E-state index contributed by atoms with van der Waals surface area (Å²) in [6, 6.07) is 8.75. The average Bonchev–Trinajstić information content (AvgIpc) is 2.85. The van der Waals surface area contributed by atoms with Crippen LogP contribution in [-0.4, -0.2) is 37.0 Å². The zero-order valence-electron chi connectivity index (χ0n) is 9.56. The Balaban J connectivity index is 1.78. The molecule has 0 aromatic heterocycles. The van der Waals surface area contributed by atoms with E-state index in [1.54, 1.807) is 28.6 Å². The van der Waals surface area contributed by atoms with E-state index in [2.05, 4.69) is 22.4 Å². The Kier molecular flexibility index (Phi) is 2.83. The second-order valence-corrected chi connectivity index (χ2v) is 6.79. The van der Waals surface area contributed by atoms with E-state index in [1.165, 1.54) is 0 Å². The summed E-state index contributed by atoms with van der Waals surface area (Å²) in [6.07, 6.45) is 0. The van der Waals surface area contributed by atoms with Crippen LogP contribution in [0.2, 0.25) is 0 Å². The molecule has 0 N–H and O–H groups in total. The lowest BCUT2D eigenvalue weighted by Crippen LogP contribution is -2.32. The summed E-state index contributed by atoms with van der Waals surface area (Å²) in [7, 11) is -3.33. The molecule has 1 saturated heterocycles. The maximum Gasteiger partial charge on any atom is 0.243 e. The van der Waals surface area contributed by atoms with E-state index in [9.17, 15) is 8.42 Å². The number of rotatable bonds is 3. The fourth-order valence-corrected chi connectivity index (χ4v) is 4.30. The summed E-state index contributed by atoms with van der Waals surface area (Å²) in [5.41, 5.74) is 0. The van der Waals surface area contributed by atoms with E-state index in [4.69, 9.17) is 0 Å². The van der Waals surface area contributed by atoms with Gasteiger partial charge >= 0.3 is 0 Å². The highest BCUT2D eigenvalue weighted by molar-refractivity contribution is 7.89. The highest BCUT2D eigenvalue weighted by atomic mass is 32.2. The third-order valence-electron chi connectivity index (χ3n) is 3.70. The van der Waals surface area contributed by atoms with Crippen LogP contribution < -0.4 is 0 Å². The van der Waals surface area contributed by atoms with Crippen molar-refractivity contribution >= 4 is 27.4 Å². The number of thiocarbonyl (C=S) groups is 1. The molecule has 3 atom stereocenters. The Labute approximate surface area is 111 Å². The predicted octanol–water partition coefficient (Wildman–Crippen LogP) is 1.41. The first-order valence-electron chi connectivity index (χ1n) is 5.77. The largest absolute Gasteiger partial charge is 0.243 e. The molecular formula is C12H12N2O2S2. The average molecular weight is 280 g/mol. The summed E-state index contributed by atoms with van der Waals surface area (Å²) >= 11 is 4.58. The maximum atomic E-state index is 12.3. The molecule has 2 fully saturated rings. The van der Waals surface area contributed by atoms with Gasteiger partial charge in [0.15, 0.2) is 0 Å². The van der Waals surface area contributed by atoms with Gasteiger partial charge < -0.3 is 0 Å². The van der Waals surface area contributed by atoms with Crippen LogP contribution in [0, 0.1) is 11.8 Å². The van der Waals surface area contributed by atoms with Crippen LogP contribution in [0.5, 0.6) is 0 Å². The van der Waals surface area contributed by atoms with Crippen molar-refractivity contribution in [1.29, 1.82) is 0 Å². The monoisotopic (exact) mass is 280 g/mol. The third kappa shape index (κ3) is 1.82. The molecule has 18 heavy (non-hydrogen) atoms. The van der Waals surface area contributed by atoms with Crippen molar-refractivity contribution in [3.05, 3.63) is 30.3 Å². The van der Waals surface area contributed by atoms with Crippen molar-refractivity contribution in [3.8, 4) is 0 Å². The van der Waals surface area contributed by atoms with E-state index in [0.717, 1.165) is 0 Å². The molecule has 0 unspecified atom stereocenters. The topological polar surface area (TPSA) is 49.7 Å². The zero-order chi connectivity index (χ0) is 12.8. The Morgan fingerprint density at radius 1 is 1.22 bits per heavy atom. The van der Waals surface area contributed by atoms with Crippen LogP contribution in [0.3, 0.4) is 0 Å². The van der Waals surface area contributed by atoms with Crippen LogP contribution in [0.25, 0.3) is 0 Å². The number of fused-ring (bicyclic) bond motifs is 1. The minimum absolute atomic E-state index is 0.199. The standard InChI is InChI=1S/C12H12N2O2S2/c15-18(16,9-4-2-1-3-5-9)14-6-10-11(7-14)12(10)13-8-17/h1-5,10-12H,6-7H2/t10-,11+,12+. The Morgan fingerprint density at radius 2 is 1.83 bits per heavy atom. The zero-order valence-corrected chi connectivity index (χ0v) is 11.2. The normalized spacial score (nSPS) is 30.6. The number of piperidine rings is 1. The second kappa shape index (κ2) is 4.24. The second-order valence-electron chi connectivity index (χ2n) is 4.67. The molecule has 94 valence electrons. The number of aliphatic imine (C=N–C) groups is 1. The van der Waals surface area contributed by atoms with Crippen molar-refractivity contribution in [3.63, 3.8) is 0 Å². The smallest absolute Gasteiger partial charge is 0.228 e. The lowest BCUT2D eigenvalue weighted by atomic mass is 10.4. The molecule has 2 aliphatic rings. The van der Waals surface area contributed by atoms with Gasteiger partial charge in [-0.1, -0.05) is 18.2 Å². The minimum atomic E-state index is -3.33. The lowest BCUT2D eigenvalue weighted by Gasteiger charge is -2.18. The summed E-state index contributed by atoms with van der Waals surface area (Å²) in [6.45, 7) is 1.10. The highest BCUT2D eigenvalue weighted by Crippen LogP contribution is 2.49. The van der Waals surface area contributed by atoms with Crippen LogP contribution in [0.15, 0.2) is 40.2 Å². The van der Waals surface area contributed by atoms with Crippen molar-refractivity contribution < 1.29 is 8.42 Å². The van der Waals surface area contributed by atoms with Crippen molar-refractivity contribution in [2.24, 2.45) is 16.8 Å². The molecule has 4 nitrogen and oxygen atoms in total. The number of hydrogen-bond donors (Lipinski definition) is 0. The van der Waals surface area contributed by atoms with Crippen LogP contribution in [0.1, 0.15) is 0 Å². The molecule has 1 aliphatic heterocycles. The number of hydrogen-bond acceptors (Lipinski definition) is 4. The van der Waals surface area contributed by atoms with E-state index >= 15 is 0 Å². The number of isothiocyanates is 1. The summed E-state index contributed by atoms with van der Waals surface area (Å²) in [4.78, 5) is 4.42. The predicted molar refractivity (Wildman–Crippen MR) is 71.0 cm³/mol. The highest BCUT2D eigenvalue weighted by Gasteiger charge is 2.58. The fraction of sp³-hybridized carbons (Fsp3) is 0.417. The van der Waals surface area contributed by atoms with Crippen LogP contribution in [-0.2, 0) is 10.0 Å². The van der Waals surface area contributed by atoms with Gasteiger partial charge in [0.2, 0.25) is 10.0 Å². The Hall–Kier alpha value is -1.07. The summed E-state index contributed by atoms with van der Waals surface area (Å²) in [5.74, 6) is 0.665. The van der Waals surface area contributed by atoms with Gasteiger partial charge in [-0.3, -0.25) is 0 Å². The number of sulfonamides is 1. The van der Waals surface area contributed by atoms with Crippen molar-refractivity contribution in [1.82, 2.24) is 4.31 Å². The van der Waals surface area contributed by atoms with Gasteiger partial charge in [-0.05, 0) is 24.4 Å². The Morgan fingerprint density at radius 3 is 2.39 bits per heavy atom. The van der Waals surface area contributed by atoms with Crippen molar-refractivity contribution in [2.45, 2.75) is 10.9 Å². The Bertz CT molecular complexity index is 596. The first-order valence-corrected chi connectivity index (χ1v) is 7.61. The molecule has 1 saturated carbocycles. The van der Waals surface area contributed by atoms with Gasteiger partial charge in [0.1, 0.15) is 0 Å². The molecule has 1 aliphatic carbocycles. The number of nitrogens with zero attached hydrogens (tertiary/aromatic N) is 2. The quantitative estimate of drug-likeness (QED) is 0.621. The molecule has 6 heteroatoms. The fourth-order valence-electron chi connectivity index (χ4n) is 2.65. The van der Waals surface area contributed by atoms with E-state index in [1.807, 2.05) is 6.07 Å². The van der Waals surface area contributed by atoms with Gasteiger partial charge in [-0.2, -0.15) is 4.31 Å². The maximum absolute atomic E-state index is 12.3. The van der Waals surface area contributed by atoms with E-state index in [0.29, 0.717) is 29.8 Å². The minimum Gasteiger partial charge on any atom is -0.228 e. The summed E-state index contributed by atoms with van der Waals surface area (Å²) < 4.78 is 26.2. The van der Waals surface area contributed by atoms with E-state index in [-0.39, 0.29) is 6.04 Å². The molecule has 0 amide bonds. The van der Waals surface area contributed by atoms with Crippen LogP contribution >= 0.6 is 12.2 Å². The van der Waals surface area contributed by atoms with Crippen LogP contribution in [0.4, 0.5) is 0 Å².